The van der Waals surface area contributed by atoms with Crippen LogP contribution in [0.4, 0.5) is 13.2 Å². The first kappa shape index (κ1) is 7.36. The monoisotopic (exact) mass is 167 g/mol. The topological polar surface area (TPSA) is 21.3 Å². The van der Waals surface area contributed by atoms with Gasteiger partial charge < -0.3 is 10.1 Å². The Labute approximate surface area is 61.7 Å². The van der Waals surface area contributed by atoms with Gasteiger partial charge >= 0.3 is 6.18 Å². The van der Waals surface area contributed by atoms with Gasteiger partial charge in [-0.15, -0.1) is 0 Å². The van der Waals surface area contributed by atoms with E-state index in [9.17, 15) is 13.2 Å². The Bertz CT molecular complexity index is 170. The minimum atomic E-state index is -4.18. The Balaban J connectivity index is 2.06. The number of ether oxygens (including phenoxy) is 1. The van der Waals surface area contributed by atoms with Crippen molar-refractivity contribution in [3.05, 3.63) is 0 Å². The largest absolute Gasteiger partial charge is 0.415 e. The van der Waals surface area contributed by atoms with Crippen LogP contribution in [0.5, 0.6) is 0 Å². The maximum atomic E-state index is 12.1. The number of rotatable bonds is 0. The van der Waals surface area contributed by atoms with E-state index in [1.54, 1.807) is 0 Å². The molecule has 11 heavy (non-hydrogen) atoms. The van der Waals surface area contributed by atoms with Gasteiger partial charge in [0.2, 0.25) is 0 Å². The molecule has 64 valence electrons. The second-order valence-electron chi connectivity index (χ2n) is 3.20. The lowest BCUT2D eigenvalue weighted by atomic mass is 9.73. The number of hydrogen-bond acceptors (Lipinski definition) is 2. The van der Waals surface area contributed by atoms with Gasteiger partial charge in [0, 0.05) is 13.1 Å². The molecule has 0 bridgehead atoms. The normalized spacial score (nSPS) is 34.6. The zero-order valence-electron chi connectivity index (χ0n) is 5.74. The molecule has 0 aliphatic carbocycles. The minimum absolute atomic E-state index is 0.254. The van der Waals surface area contributed by atoms with Crippen LogP contribution in [0.3, 0.4) is 0 Å². The molecule has 2 heterocycles. The lowest BCUT2D eigenvalue weighted by Crippen LogP contribution is -2.73. The van der Waals surface area contributed by atoms with Crippen LogP contribution in [-0.4, -0.2) is 32.0 Å². The van der Waals surface area contributed by atoms with E-state index in [0.717, 1.165) is 0 Å². The number of alkyl halides is 3. The van der Waals surface area contributed by atoms with Crippen LogP contribution in [-0.2, 0) is 4.74 Å². The zero-order chi connectivity index (χ0) is 8.11. The second-order valence-corrected chi connectivity index (χ2v) is 3.20. The number of halogens is 3. The third-order valence-corrected chi connectivity index (χ3v) is 2.35. The summed E-state index contributed by atoms with van der Waals surface area (Å²) in [4.78, 5) is 0. The van der Waals surface area contributed by atoms with Crippen molar-refractivity contribution in [2.75, 3.05) is 19.7 Å². The van der Waals surface area contributed by atoms with Crippen LogP contribution >= 0.6 is 0 Å². The summed E-state index contributed by atoms with van der Waals surface area (Å²) in [5, 5.41) is 2.83. The summed E-state index contributed by atoms with van der Waals surface area (Å²) in [5.41, 5.74) is -0.613. The van der Waals surface area contributed by atoms with Crippen molar-refractivity contribution in [1.82, 2.24) is 5.32 Å². The molecule has 2 saturated heterocycles. The molecule has 2 rings (SSSR count). The highest BCUT2D eigenvalue weighted by molar-refractivity contribution is 5.06. The predicted octanol–water partition coefficient (Wildman–Crippen LogP) is 0.537. The van der Waals surface area contributed by atoms with Crippen LogP contribution in [0.25, 0.3) is 0 Å². The summed E-state index contributed by atoms with van der Waals surface area (Å²) >= 11 is 0. The molecule has 0 radical (unpaired) electrons. The fourth-order valence-electron chi connectivity index (χ4n) is 1.58. The Morgan fingerprint density at radius 1 is 1.36 bits per heavy atom. The van der Waals surface area contributed by atoms with Crippen molar-refractivity contribution >= 4 is 0 Å². The number of nitrogens with one attached hydrogen (secondary N) is 1. The Morgan fingerprint density at radius 3 is 2.09 bits per heavy atom. The van der Waals surface area contributed by atoms with Crippen molar-refractivity contribution in [2.24, 2.45) is 5.41 Å². The zero-order valence-corrected chi connectivity index (χ0v) is 5.74. The van der Waals surface area contributed by atoms with Gasteiger partial charge in [-0.25, -0.2) is 0 Å². The van der Waals surface area contributed by atoms with Gasteiger partial charge in [-0.3, -0.25) is 0 Å². The van der Waals surface area contributed by atoms with E-state index in [2.05, 4.69) is 10.1 Å². The maximum Gasteiger partial charge on any atom is 0.415 e. The smallest absolute Gasteiger partial charge is 0.367 e. The summed E-state index contributed by atoms with van der Waals surface area (Å²) < 4.78 is 40.7. The third-order valence-electron chi connectivity index (χ3n) is 2.35. The van der Waals surface area contributed by atoms with Crippen LogP contribution in [0.15, 0.2) is 0 Å². The molecule has 1 N–H and O–H groups in total. The molecule has 0 aromatic heterocycles. The second kappa shape index (κ2) is 1.90. The van der Waals surface area contributed by atoms with E-state index in [4.69, 9.17) is 0 Å². The van der Waals surface area contributed by atoms with Crippen LogP contribution in [0.2, 0.25) is 0 Å². The summed E-state index contributed by atoms with van der Waals surface area (Å²) in [6.07, 6.45) is -5.70. The first-order valence-electron chi connectivity index (χ1n) is 3.44. The van der Waals surface area contributed by atoms with Gasteiger partial charge in [0.1, 0.15) is 0 Å². The quantitative estimate of drug-likeness (QED) is 0.568. The summed E-state index contributed by atoms with van der Waals surface area (Å²) in [6, 6.07) is 0. The average molecular weight is 167 g/mol. The molecular weight excluding hydrogens is 159 g/mol. The van der Waals surface area contributed by atoms with Crippen LogP contribution < -0.4 is 5.32 Å². The first-order chi connectivity index (χ1) is 5.05. The summed E-state index contributed by atoms with van der Waals surface area (Å²) in [7, 11) is 0. The van der Waals surface area contributed by atoms with Crippen LogP contribution in [0, 0.1) is 5.41 Å². The molecule has 1 spiro atoms. The molecular formula is C6H8F3NO. The minimum Gasteiger partial charge on any atom is -0.367 e. The van der Waals surface area contributed by atoms with Gasteiger partial charge in [-0.05, 0) is 0 Å². The van der Waals surface area contributed by atoms with Crippen molar-refractivity contribution in [3.8, 4) is 0 Å². The first-order valence-corrected chi connectivity index (χ1v) is 3.44. The average Bonchev–Trinajstić information content (AvgIpc) is 1.49. The van der Waals surface area contributed by atoms with E-state index in [1.165, 1.54) is 0 Å². The SMILES string of the molecule is FC(F)(F)C1OCC12CNC2. The van der Waals surface area contributed by atoms with E-state index >= 15 is 0 Å². The molecule has 1 unspecified atom stereocenters. The molecule has 2 nitrogen and oxygen atoms in total. The van der Waals surface area contributed by atoms with Gasteiger partial charge in [0.05, 0.1) is 12.0 Å². The third kappa shape index (κ3) is 0.873. The van der Waals surface area contributed by atoms with E-state index in [1.807, 2.05) is 0 Å². The highest BCUT2D eigenvalue weighted by atomic mass is 19.4. The summed E-state index contributed by atoms with van der Waals surface area (Å²) in [5.74, 6) is 0. The van der Waals surface area contributed by atoms with Crippen molar-refractivity contribution < 1.29 is 17.9 Å². The fourth-order valence-corrected chi connectivity index (χ4v) is 1.58. The molecule has 2 aliphatic rings. The molecule has 0 aromatic carbocycles. The lowest BCUT2D eigenvalue weighted by Gasteiger charge is -2.55. The molecule has 0 saturated carbocycles. The van der Waals surface area contributed by atoms with Gasteiger partial charge in [0.25, 0.3) is 0 Å². The van der Waals surface area contributed by atoms with Gasteiger partial charge in [-0.1, -0.05) is 0 Å². The van der Waals surface area contributed by atoms with Gasteiger partial charge in [-0.2, -0.15) is 13.2 Å². The van der Waals surface area contributed by atoms with E-state index in [0.29, 0.717) is 13.1 Å². The predicted molar refractivity (Wildman–Crippen MR) is 31.1 cm³/mol. The van der Waals surface area contributed by atoms with Crippen LogP contribution in [0.1, 0.15) is 0 Å². The van der Waals surface area contributed by atoms with E-state index < -0.39 is 17.7 Å². The van der Waals surface area contributed by atoms with Crippen molar-refractivity contribution in [1.29, 1.82) is 0 Å². The maximum absolute atomic E-state index is 12.1. The lowest BCUT2D eigenvalue weighted by molar-refractivity contribution is -0.333. The molecule has 2 fully saturated rings. The number of hydrogen-bond donors (Lipinski definition) is 1. The Morgan fingerprint density at radius 2 is 2.00 bits per heavy atom. The standard InChI is InChI=1S/C6H8F3NO/c7-6(8,9)4-5(3-11-4)1-10-2-5/h4,10H,1-3H2. The van der Waals surface area contributed by atoms with E-state index in [-0.39, 0.29) is 6.61 Å². The molecule has 1 atom stereocenters. The highest BCUT2D eigenvalue weighted by Gasteiger charge is 2.63. The van der Waals surface area contributed by atoms with Crippen molar-refractivity contribution in [2.45, 2.75) is 12.3 Å². The molecule has 5 heteroatoms. The fraction of sp³-hybridized carbons (Fsp3) is 1.00. The summed E-state index contributed by atoms with van der Waals surface area (Å²) in [6.45, 7) is 1.14. The van der Waals surface area contributed by atoms with Gasteiger partial charge in [0.15, 0.2) is 6.10 Å². The Kier molecular flexibility index (Phi) is 1.27. The highest BCUT2D eigenvalue weighted by Crippen LogP contribution is 2.46. The molecule has 2 aliphatic heterocycles. The Hall–Kier alpha value is -0.290. The van der Waals surface area contributed by atoms with Crippen molar-refractivity contribution in [3.63, 3.8) is 0 Å². The molecule has 0 amide bonds. The molecule has 0 aromatic rings.